The van der Waals surface area contributed by atoms with Crippen LogP contribution in [0.5, 0.6) is 17.4 Å². The van der Waals surface area contributed by atoms with E-state index in [4.69, 9.17) is 4.74 Å². The molecule has 2 aromatic heterocycles. The van der Waals surface area contributed by atoms with E-state index in [1.807, 2.05) is 0 Å². The molecule has 0 spiro atoms. The van der Waals surface area contributed by atoms with Crippen molar-refractivity contribution in [2.75, 3.05) is 18.0 Å². The second-order valence-corrected chi connectivity index (χ2v) is 9.65. The number of thiophene rings is 1. The summed E-state index contributed by atoms with van der Waals surface area (Å²) >= 11 is 1.49. The molecule has 0 unspecified atom stereocenters. The highest BCUT2D eigenvalue weighted by Gasteiger charge is 2.34. The van der Waals surface area contributed by atoms with Gasteiger partial charge in [0.2, 0.25) is 11.6 Å². The van der Waals surface area contributed by atoms with Gasteiger partial charge in [-0.25, -0.2) is 14.4 Å². The van der Waals surface area contributed by atoms with Crippen LogP contribution in [0.4, 0.5) is 23.2 Å². The number of benzene rings is 1. The molecular weight excluding hydrogens is 446 g/mol. The number of hydrogen-bond donors (Lipinski definition) is 0. The van der Waals surface area contributed by atoms with Gasteiger partial charge >= 0.3 is 6.36 Å². The number of halogens is 4. The number of aromatic nitrogens is 2. The first kappa shape index (κ1) is 22.6. The Morgan fingerprint density at radius 1 is 1.03 bits per heavy atom. The van der Waals surface area contributed by atoms with Crippen molar-refractivity contribution in [3.05, 3.63) is 35.2 Å². The van der Waals surface area contributed by atoms with Gasteiger partial charge in [0.1, 0.15) is 11.2 Å². The Hall–Kier alpha value is -2.62. The van der Waals surface area contributed by atoms with Gasteiger partial charge < -0.3 is 14.4 Å². The first-order valence-corrected chi connectivity index (χ1v) is 11.1. The fourth-order valence-corrected chi connectivity index (χ4v) is 5.00. The van der Waals surface area contributed by atoms with Crippen LogP contribution in [0.3, 0.4) is 0 Å². The van der Waals surface area contributed by atoms with Crippen LogP contribution in [-0.2, 0) is 5.41 Å². The zero-order valence-electron chi connectivity index (χ0n) is 17.9. The number of anilines is 1. The van der Waals surface area contributed by atoms with Crippen molar-refractivity contribution >= 4 is 27.2 Å². The minimum Gasteiger partial charge on any atom is -0.431 e. The van der Waals surface area contributed by atoms with E-state index in [1.165, 1.54) is 17.7 Å². The fraction of sp³-hybridized carbons (Fsp3) is 0.455. The molecule has 4 rings (SSSR count). The zero-order valence-corrected chi connectivity index (χ0v) is 18.7. The quantitative estimate of drug-likeness (QED) is 0.393. The molecule has 10 heteroatoms. The summed E-state index contributed by atoms with van der Waals surface area (Å²) in [6.07, 6.45) is -0.528. The van der Waals surface area contributed by atoms with Crippen molar-refractivity contribution in [2.24, 2.45) is 0 Å². The summed E-state index contributed by atoms with van der Waals surface area (Å²) in [5, 5.41) is 0.575. The van der Waals surface area contributed by atoms with E-state index in [2.05, 4.69) is 40.4 Å². The summed E-state index contributed by atoms with van der Waals surface area (Å²) < 4.78 is 62.8. The standard InChI is InChI=1S/C22H23F4N3O2S/c1-21(2,3)18-16(29-10-5-4-6-11-29)15-19(27-12-28-20(15)32-18)30-17-13(23)8-7-9-14(17)31-22(24,25)26/h7-9,12H,4-6,10-11H2,1-3H3. The molecule has 1 aliphatic rings. The molecule has 0 radical (unpaired) electrons. The van der Waals surface area contributed by atoms with Crippen molar-refractivity contribution in [1.29, 1.82) is 0 Å². The summed E-state index contributed by atoms with van der Waals surface area (Å²) in [5.74, 6) is -2.42. The lowest BCUT2D eigenvalue weighted by Gasteiger charge is -2.32. The van der Waals surface area contributed by atoms with Gasteiger partial charge in [0, 0.05) is 18.0 Å². The normalized spacial score (nSPS) is 15.3. The molecule has 1 aromatic carbocycles. The molecule has 0 amide bonds. The van der Waals surface area contributed by atoms with Crippen LogP contribution in [0.2, 0.25) is 0 Å². The predicted octanol–water partition coefficient (Wildman–Crippen LogP) is 6.81. The Morgan fingerprint density at radius 3 is 2.41 bits per heavy atom. The van der Waals surface area contributed by atoms with Crippen molar-refractivity contribution in [3.63, 3.8) is 0 Å². The van der Waals surface area contributed by atoms with E-state index in [-0.39, 0.29) is 11.3 Å². The molecule has 0 atom stereocenters. The molecule has 0 aliphatic carbocycles. The highest BCUT2D eigenvalue weighted by molar-refractivity contribution is 7.19. The number of hydrogen-bond acceptors (Lipinski definition) is 6. The average Bonchev–Trinajstić information content (AvgIpc) is 3.11. The number of fused-ring (bicyclic) bond motifs is 1. The lowest BCUT2D eigenvalue weighted by molar-refractivity contribution is -0.275. The van der Waals surface area contributed by atoms with Gasteiger partial charge in [-0.3, -0.25) is 0 Å². The monoisotopic (exact) mass is 469 g/mol. The molecule has 32 heavy (non-hydrogen) atoms. The van der Waals surface area contributed by atoms with Crippen molar-refractivity contribution in [2.45, 2.75) is 51.8 Å². The van der Waals surface area contributed by atoms with Crippen LogP contribution in [0.1, 0.15) is 44.9 Å². The van der Waals surface area contributed by atoms with Gasteiger partial charge in [0.15, 0.2) is 11.6 Å². The maximum absolute atomic E-state index is 14.5. The van der Waals surface area contributed by atoms with Crippen molar-refractivity contribution in [1.82, 2.24) is 9.97 Å². The summed E-state index contributed by atoms with van der Waals surface area (Å²) in [4.78, 5) is 12.5. The Bertz CT molecular complexity index is 1120. The first-order valence-electron chi connectivity index (χ1n) is 10.3. The Labute approximate surface area is 187 Å². The largest absolute Gasteiger partial charge is 0.573 e. The zero-order chi connectivity index (χ0) is 23.1. The molecule has 1 aliphatic heterocycles. The third kappa shape index (κ3) is 4.60. The molecule has 172 valence electrons. The Balaban J connectivity index is 1.87. The minimum atomic E-state index is -4.99. The molecule has 3 heterocycles. The Morgan fingerprint density at radius 2 is 1.75 bits per heavy atom. The van der Waals surface area contributed by atoms with E-state index >= 15 is 0 Å². The molecule has 0 saturated carbocycles. The van der Waals surface area contributed by atoms with E-state index in [0.717, 1.165) is 61.1 Å². The van der Waals surface area contributed by atoms with E-state index in [1.54, 1.807) is 0 Å². The van der Waals surface area contributed by atoms with Gasteiger partial charge in [-0.1, -0.05) is 26.8 Å². The van der Waals surface area contributed by atoms with E-state index < -0.39 is 23.7 Å². The smallest absolute Gasteiger partial charge is 0.431 e. The van der Waals surface area contributed by atoms with Crippen LogP contribution < -0.4 is 14.4 Å². The molecule has 1 saturated heterocycles. The number of ether oxygens (including phenoxy) is 2. The maximum Gasteiger partial charge on any atom is 0.573 e. The van der Waals surface area contributed by atoms with Gasteiger partial charge in [-0.05, 0) is 36.8 Å². The van der Waals surface area contributed by atoms with Crippen molar-refractivity contribution in [3.8, 4) is 17.4 Å². The van der Waals surface area contributed by atoms with Gasteiger partial charge in [0.05, 0.1) is 11.1 Å². The lowest BCUT2D eigenvalue weighted by atomic mass is 9.92. The summed E-state index contributed by atoms with van der Waals surface area (Å²) in [6, 6.07) is 3.14. The predicted molar refractivity (Wildman–Crippen MR) is 115 cm³/mol. The first-order chi connectivity index (χ1) is 15.0. The third-order valence-corrected chi connectivity index (χ3v) is 6.65. The van der Waals surface area contributed by atoms with Gasteiger partial charge in [-0.15, -0.1) is 24.5 Å². The van der Waals surface area contributed by atoms with Crippen LogP contribution in [0.15, 0.2) is 24.5 Å². The van der Waals surface area contributed by atoms with Gasteiger partial charge in [-0.2, -0.15) is 0 Å². The highest BCUT2D eigenvalue weighted by atomic mass is 32.1. The summed E-state index contributed by atoms with van der Waals surface area (Å²) in [6.45, 7) is 7.94. The van der Waals surface area contributed by atoms with E-state index in [0.29, 0.717) is 10.2 Å². The summed E-state index contributed by atoms with van der Waals surface area (Å²) in [5.41, 5.74) is 0.695. The lowest BCUT2D eigenvalue weighted by Crippen LogP contribution is -2.31. The molecule has 0 bridgehead atoms. The third-order valence-electron chi connectivity index (χ3n) is 5.14. The molecule has 1 fully saturated rings. The minimum absolute atomic E-state index is 0.000511. The molecule has 0 N–H and O–H groups in total. The van der Waals surface area contributed by atoms with Gasteiger partial charge in [0.25, 0.3) is 0 Å². The second-order valence-electron chi connectivity index (χ2n) is 8.65. The number of para-hydroxylation sites is 1. The van der Waals surface area contributed by atoms with E-state index in [9.17, 15) is 17.6 Å². The fourth-order valence-electron chi connectivity index (χ4n) is 3.79. The van der Waals surface area contributed by atoms with Crippen LogP contribution in [0.25, 0.3) is 10.2 Å². The number of rotatable bonds is 4. The van der Waals surface area contributed by atoms with Crippen LogP contribution in [0, 0.1) is 5.82 Å². The number of piperidine rings is 1. The Kier molecular flexibility index (Phi) is 5.91. The second kappa shape index (κ2) is 8.38. The molecule has 3 aromatic rings. The topological polar surface area (TPSA) is 47.5 Å². The summed E-state index contributed by atoms with van der Waals surface area (Å²) in [7, 11) is 0. The molecule has 5 nitrogen and oxygen atoms in total. The van der Waals surface area contributed by atoms with Crippen LogP contribution >= 0.6 is 11.3 Å². The number of alkyl halides is 3. The highest BCUT2D eigenvalue weighted by Crippen LogP contribution is 2.48. The maximum atomic E-state index is 14.5. The van der Waals surface area contributed by atoms with Crippen LogP contribution in [-0.4, -0.2) is 29.4 Å². The number of nitrogens with zero attached hydrogens (tertiary/aromatic N) is 3. The van der Waals surface area contributed by atoms with Crippen molar-refractivity contribution < 1.29 is 27.0 Å². The SMILES string of the molecule is CC(C)(C)c1sc2ncnc(Oc3c(F)cccc3OC(F)(F)F)c2c1N1CCCCC1. The average molecular weight is 470 g/mol. The molecular formula is C22H23F4N3O2S.